The van der Waals surface area contributed by atoms with Crippen LogP contribution in [0.4, 0.5) is 0 Å². The van der Waals surface area contributed by atoms with Crippen molar-refractivity contribution in [1.29, 1.82) is 0 Å². The van der Waals surface area contributed by atoms with Gasteiger partial charge >= 0.3 is 0 Å². The number of hydrogen-bond donors (Lipinski definition) is 0. The van der Waals surface area contributed by atoms with Crippen LogP contribution in [0.1, 0.15) is 9.67 Å². The smallest absolute Gasteiger partial charge is 0.256 e. The molecular formula is C14H10N2OS. The predicted octanol–water partition coefficient (Wildman–Crippen LogP) is 3.45. The molecule has 0 bridgehead atoms. The van der Waals surface area contributed by atoms with Crippen molar-refractivity contribution in [3.05, 3.63) is 59.1 Å². The first-order valence-corrected chi connectivity index (χ1v) is 6.40. The Morgan fingerprint density at radius 2 is 2.11 bits per heavy atom. The molecule has 4 heteroatoms. The first-order chi connectivity index (χ1) is 8.84. The minimum Gasteiger partial charge on any atom is -0.269 e. The number of benzene rings is 1. The van der Waals surface area contributed by atoms with Crippen molar-refractivity contribution in [3.8, 4) is 0 Å². The van der Waals surface area contributed by atoms with E-state index in [1.54, 1.807) is 28.3 Å². The van der Waals surface area contributed by atoms with Gasteiger partial charge in [0.05, 0.1) is 11.0 Å². The summed E-state index contributed by atoms with van der Waals surface area (Å²) in [6, 6.07) is 11.5. The summed E-state index contributed by atoms with van der Waals surface area (Å²) in [5.41, 5.74) is 1.66. The van der Waals surface area contributed by atoms with E-state index in [-0.39, 0.29) is 5.91 Å². The summed E-state index contributed by atoms with van der Waals surface area (Å²) in [7, 11) is 0. The number of carbonyl (C=O) groups excluding carboxylic acids is 1. The fourth-order valence-corrected chi connectivity index (χ4v) is 2.37. The molecule has 3 nitrogen and oxygen atoms in total. The van der Waals surface area contributed by atoms with Gasteiger partial charge in [0.15, 0.2) is 0 Å². The van der Waals surface area contributed by atoms with Gasteiger partial charge in [-0.25, -0.2) is 4.98 Å². The molecule has 0 saturated carbocycles. The van der Waals surface area contributed by atoms with Gasteiger partial charge in [-0.1, -0.05) is 18.2 Å². The Morgan fingerprint density at radius 1 is 1.22 bits per heavy atom. The number of fused-ring (bicyclic) bond motifs is 1. The Kier molecular flexibility index (Phi) is 2.78. The highest BCUT2D eigenvalue weighted by molar-refractivity contribution is 7.10. The monoisotopic (exact) mass is 254 g/mol. The molecule has 0 fully saturated rings. The maximum Gasteiger partial charge on any atom is 0.256 e. The zero-order valence-corrected chi connectivity index (χ0v) is 10.3. The molecule has 0 unspecified atom stereocenters. The summed E-state index contributed by atoms with van der Waals surface area (Å²) in [6.07, 6.45) is 4.95. The van der Waals surface area contributed by atoms with Crippen LogP contribution in [0.15, 0.2) is 54.2 Å². The summed E-state index contributed by atoms with van der Waals surface area (Å²) in [5, 5.41) is 1.98. The lowest BCUT2D eigenvalue weighted by molar-refractivity contribution is 0.0974. The van der Waals surface area contributed by atoms with Gasteiger partial charge in [-0.3, -0.25) is 9.36 Å². The highest BCUT2D eigenvalue weighted by Gasteiger charge is 2.06. The van der Waals surface area contributed by atoms with Crippen molar-refractivity contribution in [3.63, 3.8) is 0 Å². The van der Waals surface area contributed by atoms with Gasteiger partial charge in [-0.05, 0) is 29.7 Å². The van der Waals surface area contributed by atoms with Gasteiger partial charge in [0.25, 0.3) is 5.91 Å². The van der Waals surface area contributed by atoms with Crippen LogP contribution in [-0.2, 0) is 0 Å². The van der Waals surface area contributed by atoms with Crippen LogP contribution in [-0.4, -0.2) is 15.5 Å². The number of rotatable bonds is 2. The van der Waals surface area contributed by atoms with Crippen molar-refractivity contribution in [2.24, 2.45) is 0 Å². The fourth-order valence-electron chi connectivity index (χ4n) is 1.75. The quantitative estimate of drug-likeness (QED) is 0.656. The number of nitrogens with zero attached hydrogens (tertiary/aromatic N) is 2. The first kappa shape index (κ1) is 10.9. The van der Waals surface area contributed by atoms with Gasteiger partial charge in [-0.2, -0.15) is 0 Å². The highest BCUT2D eigenvalue weighted by atomic mass is 32.1. The van der Waals surface area contributed by atoms with Crippen molar-refractivity contribution in [2.45, 2.75) is 0 Å². The summed E-state index contributed by atoms with van der Waals surface area (Å²) >= 11 is 1.60. The Morgan fingerprint density at radius 3 is 2.94 bits per heavy atom. The van der Waals surface area contributed by atoms with Crippen LogP contribution in [0.3, 0.4) is 0 Å². The van der Waals surface area contributed by atoms with E-state index in [0.717, 1.165) is 15.9 Å². The molecular weight excluding hydrogens is 244 g/mol. The van der Waals surface area contributed by atoms with E-state index in [2.05, 4.69) is 4.98 Å². The molecule has 1 aromatic carbocycles. The van der Waals surface area contributed by atoms with Crippen LogP contribution in [0, 0.1) is 0 Å². The molecule has 3 aromatic rings. The van der Waals surface area contributed by atoms with E-state index < -0.39 is 0 Å². The van der Waals surface area contributed by atoms with Crippen molar-refractivity contribution < 1.29 is 4.79 Å². The maximum atomic E-state index is 12.1. The topological polar surface area (TPSA) is 34.9 Å². The molecule has 88 valence electrons. The van der Waals surface area contributed by atoms with Crippen LogP contribution >= 0.6 is 11.3 Å². The number of imidazole rings is 1. The third kappa shape index (κ3) is 1.98. The average molecular weight is 254 g/mol. The zero-order chi connectivity index (χ0) is 12.4. The Labute approximate surface area is 108 Å². The van der Waals surface area contributed by atoms with Crippen molar-refractivity contribution in [2.75, 3.05) is 0 Å². The van der Waals surface area contributed by atoms with E-state index in [4.69, 9.17) is 0 Å². The van der Waals surface area contributed by atoms with Crippen LogP contribution in [0.25, 0.3) is 17.1 Å². The summed E-state index contributed by atoms with van der Waals surface area (Å²) in [4.78, 5) is 17.3. The van der Waals surface area contributed by atoms with E-state index in [1.165, 1.54) is 0 Å². The maximum absolute atomic E-state index is 12.1. The molecule has 3 rings (SSSR count). The van der Waals surface area contributed by atoms with E-state index in [0.29, 0.717) is 0 Å². The Hall–Kier alpha value is -2.20. The number of thiophene rings is 1. The minimum atomic E-state index is -0.0860. The van der Waals surface area contributed by atoms with Crippen LogP contribution in [0.2, 0.25) is 0 Å². The number of hydrogen-bond acceptors (Lipinski definition) is 3. The summed E-state index contributed by atoms with van der Waals surface area (Å²) < 4.78 is 1.56. The molecule has 0 amide bonds. The second kappa shape index (κ2) is 4.58. The molecule has 0 aliphatic heterocycles. The third-order valence-electron chi connectivity index (χ3n) is 2.62. The zero-order valence-electron chi connectivity index (χ0n) is 9.48. The second-order valence-corrected chi connectivity index (χ2v) is 4.77. The summed E-state index contributed by atoms with van der Waals surface area (Å²) in [6.45, 7) is 0. The van der Waals surface area contributed by atoms with Gasteiger partial charge in [0, 0.05) is 11.0 Å². The lowest BCUT2D eigenvalue weighted by Crippen LogP contribution is -2.04. The SMILES string of the molecule is O=C(/C=C/c1cccs1)n1cnc2ccccc21. The van der Waals surface area contributed by atoms with E-state index >= 15 is 0 Å². The number of allylic oxidation sites excluding steroid dienone is 1. The molecule has 0 radical (unpaired) electrons. The lowest BCUT2D eigenvalue weighted by Gasteiger charge is -1.97. The lowest BCUT2D eigenvalue weighted by atomic mass is 10.3. The first-order valence-electron chi connectivity index (χ1n) is 5.52. The van der Waals surface area contributed by atoms with Crippen molar-refractivity contribution >= 4 is 34.4 Å². The number of carbonyl (C=O) groups is 1. The normalized spacial score (nSPS) is 11.3. The number of aromatic nitrogens is 2. The van der Waals surface area contributed by atoms with Crippen molar-refractivity contribution in [1.82, 2.24) is 9.55 Å². The Balaban J connectivity index is 1.93. The van der Waals surface area contributed by atoms with Gasteiger partial charge in [0.1, 0.15) is 6.33 Å². The average Bonchev–Trinajstić information content (AvgIpc) is 3.05. The number of para-hydroxylation sites is 2. The fraction of sp³-hybridized carbons (Fsp3) is 0. The standard InChI is InChI=1S/C14H10N2OS/c17-14(8-7-11-4-3-9-18-11)16-10-15-12-5-1-2-6-13(12)16/h1-10H/b8-7+. The molecule has 2 heterocycles. The molecule has 0 aliphatic rings. The highest BCUT2D eigenvalue weighted by Crippen LogP contribution is 2.13. The molecule has 2 aromatic heterocycles. The minimum absolute atomic E-state index is 0.0860. The van der Waals surface area contributed by atoms with Gasteiger partial charge in [0.2, 0.25) is 0 Å². The van der Waals surface area contributed by atoms with Gasteiger partial charge < -0.3 is 0 Å². The molecule has 0 aliphatic carbocycles. The summed E-state index contributed by atoms with van der Waals surface area (Å²) in [5.74, 6) is -0.0860. The molecule has 18 heavy (non-hydrogen) atoms. The third-order valence-corrected chi connectivity index (χ3v) is 3.46. The molecule has 0 spiro atoms. The largest absolute Gasteiger partial charge is 0.269 e. The Bertz CT molecular complexity index is 710. The molecule has 0 atom stereocenters. The van der Waals surface area contributed by atoms with Gasteiger partial charge in [-0.15, -0.1) is 11.3 Å². The molecule has 0 N–H and O–H groups in total. The van der Waals surface area contributed by atoms with Crippen LogP contribution in [0.5, 0.6) is 0 Å². The molecule has 0 saturated heterocycles. The second-order valence-electron chi connectivity index (χ2n) is 3.79. The van der Waals surface area contributed by atoms with E-state index in [1.807, 2.05) is 47.9 Å². The predicted molar refractivity (Wildman–Crippen MR) is 73.7 cm³/mol. The van der Waals surface area contributed by atoms with E-state index in [9.17, 15) is 4.79 Å². The van der Waals surface area contributed by atoms with Crippen LogP contribution < -0.4 is 0 Å².